The average molecular weight is 521 g/mol. The molecule has 3 heterocycles. The second kappa shape index (κ2) is 10.3. The van der Waals surface area contributed by atoms with Crippen molar-refractivity contribution in [3.05, 3.63) is 53.7 Å². The number of aromatic hydroxyl groups is 2. The van der Waals surface area contributed by atoms with Crippen molar-refractivity contribution in [3.63, 3.8) is 0 Å². The molecule has 0 saturated carbocycles. The first-order valence-electron chi connectivity index (χ1n) is 13.0. The third-order valence-corrected chi connectivity index (χ3v) is 7.50. The van der Waals surface area contributed by atoms with Crippen molar-refractivity contribution in [1.82, 2.24) is 19.5 Å². The monoisotopic (exact) mass is 520 g/mol. The zero-order valence-corrected chi connectivity index (χ0v) is 21.5. The first-order chi connectivity index (χ1) is 18.3. The van der Waals surface area contributed by atoms with Gasteiger partial charge in [0.1, 0.15) is 0 Å². The third kappa shape index (κ3) is 4.51. The standard InChI is InChI=1S/C28H32N4O6/c1-3-30(4-2)28(37)18-13-20-19-7-5-8-21-27(19)17(15-29-21)14-22(20)31(16-18)23(33)9-6-10-26(36)38-32-24(34)11-12-25(32)35/h5,7-8,11-13,15,18,22,29,34-35H,3-4,6,9-10,14,16H2,1-2H3/t18-,22-/m1/s1. The Morgan fingerprint density at radius 1 is 1.08 bits per heavy atom. The summed E-state index contributed by atoms with van der Waals surface area (Å²) in [5, 5.41) is 20.4. The number of nitrogens with one attached hydrogen (secondary N) is 1. The lowest BCUT2D eigenvalue weighted by Gasteiger charge is -2.42. The van der Waals surface area contributed by atoms with Crippen LogP contribution in [-0.4, -0.2) is 73.2 Å². The third-order valence-electron chi connectivity index (χ3n) is 7.50. The summed E-state index contributed by atoms with van der Waals surface area (Å²) >= 11 is 0. The summed E-state index contributed by atoms with van der Waals surface area (Å²) in [6.45, 7) is 5.37. The molecule has 10 heteroatoms. The van der Waals surface area contributed by atoms with E-state index in [0.717, 1.165) is 27.6 Å². The van der Waals surface area contributed by atoms with Gasteiger partial charge in [-0.15, -0.1) is 4.73 Å². The lowest BCUT2D eigenvalue weighted by Crippen LogP contribution is -2.51. The van der Waals surface area contributed by atoms with Gasteiger partial charge < -0.3 is 29.8 Å². The molecule has 0 spiro atoms. The normalized spacial score (nSPS) is 18.2. The number of hydrogen-bond acceptors (Lipinski definition) is 6. The number of hydrogen-bond donors (Lipinski definition) is 3. The van der Waals surface area contributed by atoms with Crippen LogP contribution in [0.2, 0.25) is 0 Å². The van der Waals surface area contributed by atoms with Gasteiger partial charge >= 0.3 is 5.97 Å². The number of carbonyl (C=O) groups excluding carboxylic acids is 3. The number of benzene rings is 1. The Bertz CT molecular complexity index is 1400. The first-order valence-corrected chi connectivity index (χ1v) is 13.0. The lowest BCUT2D eigenvalue weighted by atomic mass is 9.79. The molecule has 2 amide bonds. The predicted octanol–water partition coefficient (Wildman–Crippen LogP) is 2.84. The second-order valence-electron chi connectivity index (χ2n) is 9.71. The fourth-order valence-electron chi connectivity index (χ4n) is 5.61. The van der Waals surface area contributed by atoms with Gasteiger partial charge in [-0.05, 0) is 49.5 Å². The molecule has 3 aromatic rings. The Labute approximate surface area is 220 Å². The van der Waals surface area contributed by atoms with Gasteiger partial charge in [0.25, 0.3) is 0 Å². The average Bonchev–Trinajstić information content (AvgIpc) is 3.47. The van der Waals surface area contributed by atoms with Crippen LogP contribution in [-0.2, 0) is 20.8 Å². The summed E-state index contributed by atoms with van der Waals surface area (Å²) in [5.41, 5.74) is 4.20. The van der Waals surface area contributed by atoms with Crippen molar-refractivity contribution in [2.24, 2.45) is 5.92 Å². The van der Waals surface area contributed by atoms with E-state index in [1.54, 1.807) is 9.80 Å². The van der Waals surface area contributed by atoms with Gasteiger partial charge in [0.2, 0.25) is 23.6 Å². The van der Waals surface area contributed by atoms with E-state index in [2.05, 4.69) is 4.98 Å². The van der Waals surface area contributed by atoms with E-state index in [1.807, 2.05) is 44.3 Å². The number of fused-ring (bicyclic) bond motifs is 2. The minimum atomic E-state index is -0.685. The molecule has 5 rings (SSSR count). The Balaban J connectivity index is 1.35. The summed E-state index contributed by atoms with van der Waals surface area (Å²) in [6, 6.07) is 8.26. The molecule has 0 bridgehead atoms. The van der Waals surface area contributed by atoms with Gasteiger partial charge in [-0.3, -0.25) is 9.59 Å². The number of aromatic amines is 1. The Kier molecular flexibility index (Phi) is 6.88. The van der Waals surface area contributed by atoms with Crippen molar-refractivity contribution in [1.29, 1.82) is 0 Å². The molecule has 3 N–H and O–H groups in total. The summed E-state index contributed by atoms with van der Waals surface area (Å²) in [5.74, 6) is -2.08. The van der Waals surface area contributed by atoms with Crippen molar-refractivity contribution in [2.75, 3.05) is 19.6 Å². The molecule has 1 aliphatic heterocycles. The second-order valence-corrected chi connectivity index (χ2v) is 9.71. The fraction of sp³-hybridized carbons (Fsp3) is 0.393. The van der Waals surface area contributed by atoms with Crippen molar-refractivity contribution in [3.8, 4) is 11.8 Å². The van der Waals surface area contributed by atoms with E-state index in [1.165, 1.54) is 12.1 Å². The van der Waals surface area contributed by atoms with E-state index in [4.69, 9.17) is 4.84 Å². The Hall–Kier alpha value is -4.21. The number of amides is 2. The van der Waals surface area contributed by atoms with E-state index in [-0.39, 0.29) is 43.7 Å². The van der Waals surface area contributed by atoms with Crippen molar-refractivity contribution < 1.29 is 29.4 Å². The fourth-order valence-corrected chi connectivity index (χ4v) is 5.61. The van der Waals surface area contributed by atoms with Gasteiger partial charge in [0.05, 0.1) is 12.0 Å². The first kappa shape index (κ1) is 25.4. The molecule has 0 fully saturated rings. The highest BCUT2D eigenvalue weighted by Gasteiger charge is 2.40. The quantitative estimate of drug-likeness (QED) is 0.419. The number of rotatable bonds is 8. The van der Waals surface area contributed by atoms with Crippen LogP contribution in [0.4, 0.5) is 0 Å². The van der Waals surface area contributed by atoms with E-state index < -0.39 is 23.6 Å². The smallest absolute Gasteiger partial charge is 0.333 e. The maximum Gasteiger partial charge on any atom is 0.333 e. The predicted molar refractivity (Wildman–Crippen MR) is 140 cm³/mol. The van der Waals surface area contributed by atoms with Crippen LogP contribution in [0.15, 0.2) is 42.6 Å². The number of H-pyrrole nitrogens is 1. The highest BCUT2D eigenvalue weighted by molar-refractivity contribution is 6.00. The maximum atomic E-state index is 13.6. The zero-order valence-electron chi connectivity index (χ0n) is 21.5. The molecule has 200 valence electrons. The molecular formula is C28H32N4O6. The van der Waals surface area contributed by atoms with Crippen LogP contribution < -0.4 is 4.84 Å². The molecule has 10 nitrogen and oxygen atoms in total. The molecule has 2 atom stereocenters. The molecule has 38 heavy (non-hydrogen) atoms. The largest absolute Gasteiger partial charge is 0.492 e. The molecule has 1 aliphatic carbocycles. The molecule has 1 aromatic carbocycles. The van der Waals surface area contributed by atoms with Crippen molar-refractivity contribution >= 4 is 34.3 Å². The summed E-state index contributed by atoms with van der Waals surface area (Å²) in [6.07, 6.45) is 4.93. The molecule has 0 radical (unpaired) electrons. The number of aromatic nitrogens is 2. The molecule has 2 aliphatic rings. The highest BCUT2D eigenvalue weighted by Crippen LogP contribution is 2.41. The number of carbonyl (C=O) groups is 3. The van der Waals surface area contributed by atoms with E-state index >= 15 is 0 Å². The molecule has 2 aromatic heterocycles. The minimum absolute atomic E-state index is 0.000654. The zero-order chi connectivity index (χ0) is 27.0. The lowest BCUT2D eigenvalue weighted by molar-refractivity contribution is -0.145. The van der Waals surface area contributed by atoms with Crippen LogP contribution in [0.3, 0.4) is 0 Å². The number of nitrogens with zero attached hydrogens (tertiary/aromatic N) is 3. The van der Waals surface area contributed by atoms with Gasteiger partial charge in [-0.25, -0.2) is 4.79 Å². The van der Waals surface area contributed by atoms with Crippen LogP contribution >= 0.6 is 0 Å². The van der Waals surface area contributed by atoms with E-state index in [0.29, 0.717) is 24.2 Å². The Morgan fingerprint density at radius 2 is 1.82 bits per heavy atom. The molecular weight excluding hydrogens is 488 g/mol. The van der Waals surface area contributed by atoms with Crippen LogP contribution in [0.25, 0.3) is 16.5 Å². The minimum Gasteiger partial charge on any atom is -0.492 e. The van der Waals surface area contributed by atoms with Gasteiger partial charge in [0, 0.05) is 61.7 Å². The van der Waals surface area contributed by atoms with Crippen LogP contribution in [0.1, 0.15) is 44.2 Å². The SMILES string of the molecule is CCN(CC)C(=O)[C@@H]1C=C2c3cccc4[nH]cc(c34)C[C@H]2N(C(=O)CCCC(=O)On2c(O)ccc2O)C1. The van der Waals surface area contributed by atoms with Gasteiger partial charge in [0.15, 0.2) is 0 Å². The van der Waals surface area contributed by atoms with E-state index in [9.17, 15) is 24.6 Å². The molecule has 0 saturated heterocycles. The Morgan fingerprint density at radius 3 is 2.53 bits per heavy atom. The topological polar surface area (TPSA) is 128 Å². The highest BCUT2D eigenvalue weighted by atomic mass is 16.7. The maximum absolute atomic E-state index is 13.6. The summed E-state index contributed by atoms with van der Waals surface area (Å²) in [7, 11) is 0. The van der Waals surface area contributed by atoms with Gasteiger partial charge in [-0.1, -0.05) is 18.2 Å². The van der Waals surface area contributed by atoms with Gasteiger partial charge in [-0.2, -0.15) is 0 Å². The van der Waals surface area contributed by atoms with Crippen LogP contribution in [0.5, 0.6) is 11.8 Å². The summed E-state index contributed by atoms with van der Waals surface area (Å²) < 4.78 is 0.631. The van der Waals surface area contributed by atoms with Crippen LogP contribution in [0, 0.1) is 5.92 Å². The summed E-state index contributed by atoms with van der Waals surface area (Å²) in [4.78, 5) is 51.1. The molecule has 0 unspecified atom stereocenters. The van der Waals surface area contributed by atoms with Crippen molar-refractivity contribution in [2.45, 2.75) is 45.6 Å².